The van der Waals surface area contributed by atoms with Crippen LogP contribution in [0.15, 0.2) is 24.3 Å². The molecular formula is C12H16ClNOS. The van der Waals surface area contributed by atoms with E-state index in [-0.39, 0.29) is 0 Å². The van der Waals surface area contributed by atoms with E-state index in [4.69, 9.17) is 28.6 Å². The fourth-order valence-corrected chi connectivity index (χ4v) is 1.77. The van der Waals surface area contributed by atoms with Crippen LogP contribution >= 0.6 is 23.8 Å². The normalized spacial score (nSPS) is 9.94. The maximum absolute atomic E-state index is 5.83. The molecule has 0 atom stereocenters. The highest BCUT2D eigenvalue weighted by atomic mass is 35.5. The lowest BCUT2D eigenvalue weighted by Crippen LogP contribution is -2.30. The summed E-state index contributed by atoms with van der Waals surface area (Å²) in [5.41, 5.74) is 1.17. The van der Waals surface area contributed by atoms with Gasteiger partial charge in [-0.3, -0.25) is 0 Å². The zero-order valence-electron chi connectivity index (χ0n) is 9.57. The highest BCUT2D eigenvalue weighted by molar-refractivity contribution is 7.80. The summed E-state index contributed by atoms with van der Waals surface area (Å²) in [4.78, 5) is 2.02. The van der Waals surface area contributed by atoms with Crippen molar-refractivity contribution in [1.29, 1.82) is 0 Å². The van der Waals surface area contributed by atoms with Gasteiger partial charge >= 0.3 is 0 Å². The van der Waals surface area contributed by atoms with E-state index in [0.29, 0.717) is 11.8 Å². The van der Waals surface area contributed by atoms with Crippen molar-refractivity contribution in [3.05, 3.63) is 34.9 Å². The molecule has 0 N–H and O–H groups in total. The fraction of sp³-hybridized carbons (Fsp3) is 0.417. The van der Waals surface area contributed by atoms with Crippen LogP contribution in [0, 0.1) is 0 Å². The molecule has 0 radical (unpaired) electrons. The maximum atomic E-state index is 5.83. The SMILES string of the molecule is CCOC(=S)N(CC)Cc1ccc(Cl)cc1. The van der Waals surface area contributed by atoms with Crippen LogP contribution in [0.25, 0.3) is 0 Å². The van der Waals surface area contributed by atoms with Crippen molar-refractivity contribution in [2.45, 2.75) is 20.4 Å². The van der Waals surface area contributed by atoms with E-state index in [1.807, 2.05) is 36.1 Å². The Morgan fingerprint density at radius 2 is 1.94 bits per heavy atom. The van der Waals surface area contributed by atoms with Crippen LogP contribution in [0.4, 0.5) is 0 Å². The molecule has 0 saturated carbocycles. The molecule has 2 nitrogen and oxygen atoms in total. The average Bonchev–Trinajstić information content (AvgIpc) is 2.28. The van der Waals surface area contributed by atoms with Gasteiger partial charge in [-0.1, -0.05) is 23.7 Å². The largest absolute Gasteiger partial charge is 0.471 e. The van der Waals surface area contributed by atoms with Crippen LogP contribution in [0.1, 0.15) is 19.4 Å². The zero-order valence-corrected chi connectivity index (χ0v) is 11.1. The van der Waals surface area contributed by atoms with Crippen molar-refractivity contribution in [3.63, 3.8) is 0 Å². The highest BCUT2D eigenvalue weighted by Gasteiger charge is 2.08. The Hall–Kier alpha value is -0.800. The molecule has 0 saturated heterocycles. The zero-order chi connectivity index (χ0) is 12.0. The standard InChI is InChI=1S/C12H16ClNOS/c1-3-14(12(16)15-4-2)9-10-5-7-11(13)8-6-10/h5-8H,3-4,9H2,1-2H3. The predicted octanol–water partition coefficient (Wildman–Crippen LogP) is 3.48. The summed E-state index contributed by atoms with van der Waals surface area (Å²) in [6.07, 6.45) is 0. The summed E-state index contributed by atoms with van der Waals surface area (Å²) < 4.78 is 5.32. The minimum Gasteiger partial charge on any atom is -0.471 e. The van der Waals surface area contributed by atoms with Gasteiger partial charge in [0.15, 0.2) is 0 Å². The van der Waals surface area contributed by atoms with E-state index in [1.54, 1.807) is 0 Å². The Morgan fingerprint density at radius 1 is 1.31 bits per heavy atom. The number of rotatable bonds is 4. The van der Waals surface area contributed by atoms with Crippen LogP contribution < -0.4 is 0 Å². The molecule has 0 aliphatic heterocycles. The number of hydrogen-bond acceptors (Lipinski definition) is 2. The first-order chi connectivity index (χ1) is 7.67. The number of halogens is 1. The summed E-state index contributed by atoms with van der Waals surface area (Å²) in [7, 11) is 0. The predicted molar refractivity (Wildman–Crippen MR) is 71.8 cm³/mol. The smallest absolute Gasteiger partial charge is 0.259 e. The molecule has 0 aliphatic carbocycles. The average molecular weight is 258 g/mol. The molecule has 0 amide bonds. The van der Waals surface area contributed by atoms with Crippen molar-refractivity contribution >= 4 is 29.0 Å². The molecule has 0 heterocycles. The summed E-state index contributed by atoms with van der Waals surface area (Å²) in [5.74, 6) is 0. The molecule has 1 rings (SSSR count). The second-order valence-corrected chi connectivity index (χ2v) is 4.13. The molecule has 0 unspecified atom stereocenters. The van der Waals surface area contributed by atoms with E-state index < -0.39 is 0 Å². The van der Waals surface area contributed by atoms with Gasteiger partial charge in [0.2, 0.25) is 0 Å². The van der Waals surface area contributed by atoms with Gasteiger partial charge in [0.05, 0.1) is 6.61 Å². The van der Waals surface area contributed by atoms with E-state index in [0.717, 1.165) is 18.1 Å². The Balaban J connectivity index is 2.62. The summed E-state index contributed by atoms with van der Waals surface area (Å²) in [6, 6.07) is 7.77. The molecule has 0 aliphatic rings. The molecule has 4 heteroatoms. The van der Waals surface area contributed by atoms with E-state index >= 15 is 0 Å². The van der Waals surface area contributed by atoms with Crippen molar-refractivity contribution in [2.24, 2.45) is 0 Å². The Morgan fingerprint density at radius 3 is 2.44 bits per heavy atom. The van der Waals surface area contributed by atoms with Gasteiger partial charge in [-0.2, -0.15) is 0 Å². The quantitative estimate of drug-likeness (QED) is 0.767. The molecule has 1 aromatic carbocycles. The molecule has 16 heavy (non-hydrogen) atoms. The lowest BCUT2D eigenvalue weighted by Gasteiger charge is -2.22. The molecule has 0 bridgehead atoms. The Labute approximate surface area is 107 Å². The van der Waals surface area contributed by atoms with Crippen LogP contribution in [0.2, 0.25) is 5.02 Å². The molecule has 0 fully saturated rings. The van der Waals surface area contributed by atoms with Gasteiger partial charge in [0.25, 0.3) is 5.17 Å². The summed E-state index contributed by atoms with van der Waals surface area (Å²) in [6.45, 7) is 6.19. The number of hydrogen-bond donors (Lipinski definition) is 0. The highest BCUT2D eigenvalue weighted by Crippen LogP contribution is 2.12. The van der Waals surface area contributed by atoms with E-state index in [9.17, 15) is 0 Å². The van der Waals surface area contributed by atoms with Crippen LogP contribution in [0.3, 0.4) is 0 Å². The first kappa shape index (κ1) is 13.3. The van der Waals surface area contributed by atoms with Crippen molar-refractivity contribution in [1.82, 2.24) is 4.90 Å². The van der Waals surface area contributed by atoms with Crippen LogP contribution in [-0.4, -0.2) is 23.2 Å². The van der Waals surface area contributed by atoms with Gasteiger partial charge in [0, 0.05) is 18.1 Å². The van der Waals surface area contributed by atoms with Gasteiger partial charge in [-0.15, -0.1) is 0 Å². The lowest BCUT2D eigenvalue weighted by atomic mass is 10.2. The van der Waals surface area contributed by atoms with Gasteiger partial charge in [0.1, 0.15) is 0 Å². The molecule has 88 valence electrons. The second-order valence-electron chi connectivity index (χ2n) is 3.34. The summed E-state index contributed by atoms with van der Waals surface area (Å²) in [5, 5.41) is 1.30. The van der Waals surface area contributed by atoms with Crippen molar-refractivity contribution in [3.8, 4) is 0 Å². The van der Waals surface area contributed by atoms with Crippen LogP contribution in [-0.2, 0) is 11.3 Å². The van der Waals surface area contributed by atoms with Gasteiger partial charge < -0.3 is 9.64 Å². The second kappa shape index (κ2) is 6.71. The minimum atomic E-state index is 0.556. The van der Waals surface area contributed by atoms with E-state index in [1.165, 1.54) is 5.56 Å². The monoisotopic (exact) mass is 257 g/mol. The first-order valence-electron chi connectivity index (χ1n) is 5.33. The van der Waals surface area contributed by atoms with Gasteiger partial charge in [-0.25, -0.2) is 0 Å². The summed E-state index contributed by atoms with van der Waals surface area (Å²) >= 11 is 11.0. The number of thiocarbonyl (C=S) groups is 1. The third-order valence-corrected chi connectivity index (χ3v) is 2.82. The van der Waals surface area contributed by atoms with Crippen LogP contribution in [0.5, 0.6) is 0 Å². The van der Waals surface area contributed by atoms with E-state index in [2.05, 4.69) is 6.92 Å². The number of benzene rings is 1. The molecule has 0 spiro atoms. The minimum absolute atomic E-state index is 0.556. The first-order valence-corrected chi connectivity index (χ1v) is 6.12. The lowest BCUT2D eigenvalue weighted by molar-refractivity contribution is 0.255. The Kier molecular flexibility index (Phi) is 5.56. The molecular weight excluding hydrogens is 242 g/mol. The number of ether oxygens (including phenoxy) is 1. The topological polar surface area (TPSA) is 12.5 Å². The molecule has 1 aromatic rings. The fourth-order valence-electron chi connectivity index (χ4n) is 1.33. The third-order valence-electron chi connectivity index (χ3n) is 2.19. The van der Waals surface area contributed by atoms with Gasteiger partial charge in [-0.05, 0) is 43.8 Å². The third kappa shape index (κ3) is 3.99. The molecule has 0 aromatic heterocycles. The number of nitrogens with zero attached hydrogens (tertiary/aromatic N) is 1. The maximum Gasteiger partial charge on any atom is 0.259 e. The van der Waals surface area contributed by atoms with Crippen molar-refractivity contribution < 1.29 is 4.74 Å². The van der Waals surface area contributed by atoms with Crippen molar-refractivity contribution in [2.75, 3.05) is 13.2 Å². The Bertz CT molecular complexity index is 339.